The summed E-state index contributed by atoms with van der Waals surface area (Å²) in [4.78, 5) is 15.7. The lowest BCUT2D eigenvalue weighted by molar-refractivity contribution is 0.0699. The molecule has 3 aromatic rings. The van der Waals surface area contributed by atoms with Crippen LogP contribution in [0.4, 0.5) is 0 Å². The van der Waals surface area contributed by atoms with E-state index in [0.717, 1.165) is 22.7 Å². The van der Waals surface area contributed by atoms with Gasteiger partial charge >= 0.3 is 5.97 Å². The SMILES string of the molecule is CCc1ccc2nc3c(C(=O)O)cccc3cc2c1. The van der Waals surface area contributed by atoms with E-state index in [1.807, 2.05) is 24.3 Å². The van der Waals surface area contributed by atoms with Crippen LogP contribution in [0, 0.1) is 0 Å². The number of carbonyl (C=O) groups is 1. The van der Waals surface area contributed by atoms with Crippen LogP contribution in [-0.4, -0.2) is 16.1 Å². The molecule has 0 saturated heterocycles. The molecule has 0 aliphatic carbocycles. The molecule has 2 aromatic carbocycles. The topological polar surface area (TPSA) is 50.2 Å². The first-order chi connectivity index (χ1) is 9.19. The Bertz CT molecular complexity index is 793. The van der Waals surface area contributed by atoms with Crippen molar-refractivity contribution < 1.29 is 9.90 Å². The number of nitrogens with zero attached hydrogens (tertiary/aromatic N) is 1. The Balaban J connectivity index is 2.37. The van der Waals surface area contributed by atoms with Crippen molar-refractivity contribution in [2.24, 2.45) is 0 Å². The molecule has 3 heteroatoms. The molecule has 0 atom stereocenters. The van der Waals surface area contributed by atoms with Gasteiger partial charge in [0, 0.05) is 10.8 Å². The van der Waals surface area contributed by atoms with Crippen molar-refractivity contribution in [1.82, 2.24) is 4.98 Å². The van der Waals surface area contributed by atoms with E-state index in [2.05, 4.69) is 18.0 Å². The molecule has 0 aliphatic heterocycles. The van der Waals surface area contributed by atoms with Crippen molar-refractivity contribution in [2.75, 3.05) is 0 Å². The van der Waals surface area contributed by atoms with Crippen LogP contribution < -0.4 is 0 Å². The van der Waals surface area contributed by atoms with Crippen LogP contribution >= 0.6 is 0 Å². The maximum Gasteiger partial charge on any atom is 0.337 e. The number of carboxylic acids is 1. The summed E-state index contributed by atoms with van der Waals surface area (Å²) < 4.78 is 0. The molecule has 94 valence electrons. The van der Waals surface area contributed by atoms with Gasteiger partial charge in [0.05, 0.1) is 16.6 Å². The lowest BCUT2D eigenvalue weighted by Crippen LogP contribution is -1.99. The van der Waals surface area contributed by atoms with E-state index in [4.69, 9.17) is 0 Å². The summed E-state index contributed by atoms with van der Waals surface area (Å²) in [5.74, 6) is -0.942. The Labute approximate surface area is 110 Å². The number of hydrogen-bond acceptors (Lipinski definition) is 2. The summed E-state index contributed by atoms with van der Waals surface area (Å²) in [6, 6.07) is 13.3. The Morgan fingerprint density at radius 1 is 1.16 bits per heavy atom. The zero-order valence-corrected chi connectivity index (χ0v) is 10.6. The molecule has 0 spiro atoms. The summed E-state index contributed by atoms with van der Waals surface area (Å²) >= 11 is 0. The maximum atomic E-state index is 11.2. The van der Waals surface area contributed by atoms with Crippen molar-refractivity contribution in [2.45, 2.75) is 13.3 Å². The van der Waals surface area contributed by atoms with Crippen molar-refractivity contribution in [1.29, 1.82) is 0 Å². The van der Waals surface area contributed by atoms with Gasteiger partial charge in [-0.2, -0.15) is 0 Å². The Morgan fingerprint density at radius 2 is 2.00 bits per heavy atom. The average Bonchev–Trinajstić information content (AvgIpc) is 2.43. The minimum absolute atomic E-state index is 0.249. The fourth-order valence-electron chi connectivity index (χ4n) is 2.30. The number of fused-ring (bicyclic) bond motifs is 2. The highest BCUT2D eigenvalue weighted by Crippen LogP contribution is 2.23. The fourth-order valence-corrected chi connectivity index (χ4v) is 2.30. The monoisotopic (exact) mass is 251 g/mol. The van der Waals surface area contributed by atoms with Gasteiger partial charge in [-0.15, -0.1) is 0 Å². The van der Waals surface area contributed by atoms with E-state index in [-0.39, 0.29) is 5.56 Å². The highest BCUT2D eigenvalue weighted by Gasteiger charge is 2.10. The normalized spacial score (nSPS) is 11.0. The van der Waals surface area contributed by atoms with Crippen LogP contribution in [0.1, 0.15) is 22.8 Å². The average molecular weight is 251 g/mol. The zero-order chi connectivity index (χ0) is 13.4. The molecule has 1 N–H and O–H groups in total. The van der Waals surface area contributed by atoms with Gasteiger partial charge in [-0.05, 0) is 36.2 Å². The van der Waals surface area contributed by atoms with E-state index in [1.54, 1.807) is 12.1 Å². The fraction of sp³-hybridized carbons (Fsp3) is 0.125. The van der Waals surface area contributed by atoms with Gasteiger partial charge < -0.3 is 5.11 Å². The molecule has 19 heavy (non-hydrogen) atoms. The van der Waals surface area contributed by atoms with Crippen molar-refractivity contribution in [3.63, 3.8) is 0 Å². The van der Waals surface area contributed by atoms with Crippen LogP contribution in [0.5, 0.6) is 0 Å². The molecule has 1 heterocycles. The Morgan fingerprint density at radius 3 is 2.74 bits per heavy atom. The number of carboxylic acid groups (broad SMARTS) is 1. The number of pyridine rings is 1. The van der Waals surface area contributed by atoms with Crippen molar-refractivity contribution >= 4 is 27.8 Å². The van der Waals surface area contributed by atoms with Crippen LogP contribution in [0.25, 0.3) is 21.8 Å². The quantitative estimate of drug-likeness (QED) is 0.707. The number of para-hydroxylation sites is 1. The van der Waals surface area contributed by atoms with Crippen LogP contribution in [0.2, 0.25) is 0 Å². The molecular formula is C16H13NO2. The molecule has 0 saturated carbocycles. The summed E-state index contributed by atoms with van der Waals surface area (Å²) in [6.07, 6.45) is 0.975. The van der Waals surface area contributed by atoms with Gasteiger partial charge in [0.25, 0.3) is 0 Å². The molecule has 0 unspecified atom stereocenters. The largest absolute Gasteiger partial charge is 0.478 e. The van der Waals surface area contributed by atoms with Gasteiger partial charge in [-0.1, -0.05) is 25.1 Å². The standard InChI is InChI=1S/C16H13NO2/c1-2-10-6-7-14-12(8-10)9-11-4-3-5-13(16(18)19)15(11)17-14/h3-9H,2H2,1H3,(H,18,19). The van der Waals surface area contributed by atoms with E-state index >= 15 is 0 Å². The first-order valence-electron chi connectivity index (χ1n) is 6.25. The minimum Gasteiger partial charge on any atom is -0.478 e. The molecule has 1 aromatic heterocycles. The molecule has 3 nitrogen and oxygen atoms in total. The van der Waals surface area contributed by atoms with Gasteiger partial charge in [-0.3, -0.25) is 0 Å². The smallest absolute Gasteiger partial charge is 0.337 e. The van der Waals surface area contributed by atoms with E-state index in [0.29, 0.717) is 5.52 Å². The number of aromatic nitrogens is 1. The number of rotatable bonds is 2. The van der Waals surface area contributed by atoms with Gasteiger partial charge in [0.1, 0.15) is 0 Å². The van der Waals surface area contributed by atoms with Gasteiger partial charge in [0.2, 0.25) is 0 Å². The minimum atomic E-state index is -0.942. The molecule has 0 amide bonds. The third-order valence-corrected chi connectivity index (χ3v) is 3.34. The van der Waals surface area contributed by atoms with Crippen LogP contribution in [0.3, 0.4) is 0 Å². The maximum absolute atomic E-state index is 11.2. The summed E-state index contributed by atoms with van der Waals surface area (Å²) in [5.41, 5.74) is 2.88. The van der Waals surface area contributed by atoms with Gasteiger partial charge in [-0.25, -0.2) is 9.78 Å². The second kappa shape index (κ2) is 4.35. The molecule has 0 fully saturated rings. The molecule has 0 bridgehead atoms. The van der Waals surface area contributed by atoms with Crippen LogP contribution in [0.15, 0.2) is 42.5 Å². The van der Waals surface area contributed by atoms with E-state index in [1.165, 1.54) is 5.56 Å². The highest BCUT2D eigenvalue weighted by molar-refractivity contribution is 6.04. The van der Waals surface area contributed by atoms with Crippen molar-refractivity contribution in [3.8, 4) is 0 Å². The lowest BCUT2D eigenvalue weighted by atomic mass is 10.0. The van der Waals surface area contributed by atoms with E-state index in [9.17, 15) is 9.90 Å². The predicted molar refractivity (Wildman–Crippen MR) is 75.6 cm³/mol. The first kappa shape index (κ1) is 11.7. The summed E-state index contributed by atoms with van der Waals surface area (Å²) in [6.45, 7) is 2.11. The van der Waals surface area contributed by atoms with Crippen LogP contribution in [-0.2, 0) is 6.42 Å². The van der Waals surface area contributed by atoms with Crippen molar-refractivity contribution in [3.05, 3.63) is 53.6 Å². The summed E-state index contributed by atoms with van der Waals surface area (Å²) in [7, 11) is 0. The molecule has 3 rings (SSSR count). The molecule has 0 radical (unpaired) electrons. The zero-order valence-electron chi connectivity index (χ0n) is 10.6. The Hall–Kier alpha value is -2.42. The Kier molecular flexibility index (Phi) is 2.67. The third-order valence-electron chi connectivity index (χ3n) is 3.34. The second-order valence-corrected chi connectivity index (χ2v) is 4.55. The predicted octanol–water partition coefficient (Wildman–Crippen LogP) is 3.65. The molecular weight excluding hydrogens is 238 g/mol. The number of aromatic carboxylic acids is 1. The lowest BCUT2D eigenvalue weighted by Gasteiger charge is -2.05. The molecule has 0 aliphatic rings. The second-order valence-electron chi connectivity index (χ2n) is 4.55. The third kappa shape index (κ3) is 1.93. The first-order valence-corrected chi connectivity index (χ1v) is 6.25. The van der Waals surface area contributed by atoms with E-state index < -0.39 is 5.97 Å². The number of aryl methyl sites for hydroxylation is 1. The summed E-state index contributed by atoms with van der Waals surface area (Å²) in [5, 5.41) is 11.1. The van der Waals surface area contributed by atoms with Gasteiger partial charge in [0.15, 0.2) is 0 Å². The number of benzene rings is 2. The highest BCUT2D eigenvalue weighted by atomic mass is 16.4. The number of hydrogen-bond donors (Lipinski definition) is 1.